The molecular weight excluding hydrogens is 324 g/mol. The Kier molecular flexibility index (Phi) is 4.24. The summed E-state index contributed by atoms with van der Waals surface area (Å²) in [6, 6.07) is 4.97. The van der Waals surface area contributed by atoms with Crippen molar-refractivity contribution in [3.8, 4) is 5.75 Å². The summed E-state index contributed by atoms with van der Waals surface area (Å²) in [5, 5.41) is 2.51. The maximum Gasteiger partial charge on any atom is 0.328 e. The fraction of sp³-hybridized carbons (Fsp3) is 0.143. The van der Waals surface area contributed by atoms with E-state index < -0.39 is 6.03 Å². The quantitative estimate of drug-likeness (QED) is 0.522. The Morgan fingerprint density at radius 2 is 2.20 bits per heavy atom. The highest BCUT2D eigenvalue weighted by Gasteiger charge is 2.29. The molecule has 0 atom stereocenters. The normalized spacial score (nSPS) is 16.5. The molecule has 1 aromatic carbocycles. The SMILES string of the molecule is C=CCOc1ccc(/C=C2/NC(=O)N(C)C2=O)cc1Br. The number of amides is 3. The van der Waals surface area contributed by atoms with Gasteiger partial charge in [0.25, 0.3) is 5.91 Å². The number of hydrogen-bond acceptors (Lipinski definition) is 3. The molecule has 1 aromatic rings. The number of rotatable bonds is 4. The monoisotopic (exact) mass is 336 g/mol. The lowest BCUT2D eigenvalue weighted by molar-refractivity contribution is -0.121. The first kappa shape index (κ1) is 14.3. The van der Waals surface area contributed by atoms with Gasteiger partial charge in [-0.2, -0.15) is 0 Å². The Morgan fingerprint density at radius 1 is 1.45 bits per heavy atom. The predicted octanol–water partition coefficient (Wildman–Crippen LogP) is 2.54. The van der Waals surface area contributed by atoms with Crippen molar-refractivity contribution in [2.24, 2.45) is 0 Å². The summed E-state index contributed by atoms with van der Waals surface area (Å²) in [5.41, 5.74) is 1.03. The summed E-state index contributed by atoms with van der Waals surface area (Å²) in [4.78, 5) is 24.1. The Morgan fingerprint density at radius 3 is 2.75 bits per heavy atom. The molecule has 0 saturated carbocycles. The number of likely N-dealkylation sites (N-methyl/N-ethyl adjacent to an activating group) is 1. The fourth-order valence-corrected chi connectivity index (χ4v) is 2.17. The van der Waals surface area contributed by atoms with Gasteiger partial charge in [-0.25, -0.2) is 4.79 Å². The lowest BCUT2D eigenvalue weighted by Crippen LogP contribution is -2.25. The molecule has 0 spiro atoms. The minimum Gasteiger partial charge on any atom is -0.488 e. The third-order valence-electron chi connectivity index (χ3n) is 2.70. The van der Waals surface area contributed by atoms with Crippen LogP contribution in [-0.2, 0) is 4.79 Å². The maximum absolute atomic E-state index is 11.7. The van der Waals surface area contributed by atoms with E-state index in [2.05, 4.69) is 27.8 Å². The third kappa shape index (κ3) is 2.91. The molecule has 104 valence electrons. The highest BCUT2D eigenvalue weighted by molar-refractivity contribution is 9.10. The van der Waals surface area contributed by atoms with E-state index in [0.717, 1.165) is 14.9 Å². The van der Waals surface area contributed by atoms with Crippen LogP contribution in [0.25, 0.3) is 6.08 Å². The molecule has 1 N–H and O–H groups in total. The number of benzene rings is 1. The molecule has 1 heterocycles. The molecule has 5 nitrogen and oxygen atoms in total. The van der Waals surface area contributed by atoms with E-state index in [0.29, 0.717) is 12.4 Å². The van der Waals surface area contributed by atoms with Gasteiger partial charge in [-0.3, -0.25) is 9.69 Å². The van der Waals surface area contributed by atoms with Crippen molar-refractivity contribution in [2.75, 3.05) is 13.7 Å². The van der Waals surface area contributed by atoms with Crippen molar-refractivity contribution < 1.29 is 14.3 Å². The number of carbonyl (C=O) groups excluding carboxylic acids is 2. The average Bonchev–Trinajstić information content (AvgIpc) is 2.65. The number of hydrogen-bond donors (Lipinski definition) is 1. The molecule has 1 fully saturated rings. The first-order valence-corrected chi connectivity index (χ1v) is 6.66. The highest BCUT2D eigenvalue weighted by atomic mass is 79.9. The van der Waals surface area contributed by atoms with E-state index in [9.17, 15) is 9.59 Å². The van der Waals surface area contributed by atoms with Gasteiger partial charge >= 0.3 is 6.03 Å². The maximum atomic E-state index is 11.7. The van der Waals surface area contributed by atoms with E-state index in [1.807, 2.05) is 6.07 Å². The predicted molar refractivity (Wildman–Crippen MR) is 79.1 cm³/mol. The van der Waals surface area contributed by atoms with Crippen LogP contribution in [0.15, 0.2) is 41.0 Å². The van der Waals surface area contributed by atoms with Gasteiger partial charge in [0, 0.05) is 7.05 Å². The van der Waals surface area contributed by atoms with E-state index in [1.165, 1.54) is 7.05 Å². The van der Waals surface area contributed by atoms with Gasteiger partial charge in [-0.1, -0.05) is 18.7 Å². The second-order valence-corrected chi connectivity index (χ2v) is 5.00. The molecule has 0 radical (unpaired) electrons. The molecule has 1 saturated heterocycles. The zero-order valence-electron chi connectivity index (χ0n) is 10.9. The summed E-state index contributed by atoms with van der Waals surface area (Å²) in [6.07, 6.45) is 3.27. The van der Waals surface area contributed by atoms with Crippen LogP contribution < -0.4 is 10.1 Å². The number of ether oxygens (including phenoxy) is 1. The van der Waals surface area contributed by atoms with Gasteiger partial charge in [0.1, 0.15) is 18.1 Å². The smallest absolute Gasteiger partial charge is 0.328 e. The van der Waals surface area contributed by atoms with Crippen molar-refractivity contribution in [2.45, 2.75) is 0 Å². The van der Waals surface area contributed by atoms with E-state index in [-0.39, 0.29) is 11.6 Å². The zero-order chi connectivity index (χ0) is 14.7. The molecule has 6 heteroatoms. The minimum atomic E-state index is -0.425. The third-order valence-corrected chi connectivity index (χ3v) is 3.32. The Bertz CT molecular complexity index is 610. The standard InChI is InChI=1S/C14H13BrN2O3/c1-3-6-20-12-5-4-9(7-10(12)15)8-11-13(18)17(2)14(19)16-11/h3-5,7-8H,1,6H2,2H3,(H,16,19)/b11-8+. The highest BCUT2D eigenvalue weighted by Crippen LogP contribution is 2.27. The minimum absolute atomic E-state index is 0.254. The fourth-order valence-electron chi connectivity index (χ4n) is 1.66. The second-order valence-electron chi connectivity index (χ2n) is 4.14. The number of nitrogens with zero attached hydrogens (tertiary/aromatic N) is 1. The van der Waals surface area contributed by atoms with Crippen LogP contribution in [0.2, 0.25) is 0 Å². The number of nitrogens with one attached hydrogen (secondary N) is 1. The summed E-state index contributed by atoms with van der Waals surface area (Å²) in [5.74, 6) is 0.337. The van der Waals surface area contributed by atoms with Crippen molar-refractivity contribution in [3.63, 3.8) is 0 Å². The molecule has 1 aliphatic rings. The van der Waals surface area contributed by atoms with Gasteiger partial charge in [0.2, 0.25) is 0 Å². The molecule has 20 heavy (non-hydrogen) atoms. The van der Waals surface area contributed by atoms with E-state index in [4.69, 9.17) is 4.74 Å². The summed E-state index contributed by atoms with van der Waals surface area (Å²) in [6.45, 7) is 4.00. The lowest BCUT2D eigenvalue weighted by Gasteiger charge is -2.06. The summed E-state index contributed by atoms with van der Waals surface area (Å²) in [7, 11) is 1.43. The van der Waals surface area contributed by atoms with Crippen LogP contribution >= 0.6 is 15.9 Å². The van der Waals surface area contributed by atoms with E-state index in [1.54, 1.807) is 24.3 Å². The Labute approximate surface area is 125 Å². The molecule has 3 amide bonds. The van der Waals surface area contributed by atoms with Crippen LogP contribution in [0.3, 0.4) is 0 Å². The lowest BCUT2D eigenvalue weighted by atomic mass is 10.2. The Balaban J connectivity index is 2.22. The number of carbonyl (C=O) groups is 2. The van der Waals surface area contributed by atoms with Gasteiger partial charge in [-0.15, -0.1) is 0 Å². The van der Waals surface area contributed by atoms with Gasteiger partial charge in [0.05, 0.1) is 4.47 Å². The molecule has 2 rings (SSSR count). The zero-order valence-corrected chi connectivity index (χ0v) is 12.4. The van der Waals surface area contributed by atoms with Crippen molar-refractivity contribution in [1.29, 1.82) is 0 Å². The molecule has 0 bridgehead atoms. The van der Waals surface area contributed by atoms with Crippen LogP contribution in [0, 0.1) is 0 Å². The van der Waals surface area contributed by atoms with Gasteiger partial charge < -0.3 is 10.1 Å². The van der Waals surface area contributed by atoms with Crippen molar-refractivity contribution in [3.05, 3.63) is 46.6 Å². The van der Waals surface area contributed by atoms with Crippen molar-refractivity contribution >= 4 is 33.9 Å². The molecule has 0 aliphatic carbocycles. The number of urea groups is 1. The van der Waals surface area contributed by atoms with Crippen LogP contribution in [-0.4, -0.2) is 30.5 Å². The average molecular weight is 337 g/mol. The number of halogens is 1. The van der Waals surface area contributed by atoms with E-state index >= 15 is 0 Å². The topological polar surface area (TPSA) is 58.6 Å². The van der Waals surface area contributed by atoms with Gasteiger partial charge in [-0.05, 0) is 39.7 Å². The van der Waals surface area contributed by atoms with Crippen molar-refractivity contribution in [1.82, 2.24) is 10.2 Å². The van der Waals surface area contributed by atoms with Gasteiger partial charge in [0.15, 0.2) is 0 Å². The number of imide groups is 1. The van der Waals surface area contributed by atoms with Crippen LogP contribution in [0.4, 0.5) is 4.79 Å². The second kappa shape index (κ2) is 5.92. The first-order chi connectivity index (χ1) is 9.52. The first-order valence-electron chi connectivity index (χ1n) is 5.87. The summed E-state index contributed by atoms with van der Waals surface area (Å²) < 4.78 is 6.20. The molecule has 0 aromatic heterocycles. The molecular formula is C14H13BrN2O3. The largest absolute Gasteiger partial charge is 0.488 e. The molecule has 0 unspecified atom stereocenters. The summed E-state index contributed by atoms with van der Waals surface area (Å²) >= 11 is 3.39. The van der Waals surface area contributed by atoms with Crippen LogP contribution in [0.1, 0.15) is 5.56 Å². The van der Waals surface area contributed by atoms with Crippen LogP contribution in [0.5, 0.6) is 5.75 Å². The Hall–Kier alpha value is -2.08. The molecule has 1 aliphatic heterocycles.